The Hall–Kier alpha value is -2.83. The van der Waals surface area contributed by atoms with Crippen molar-refractivity contribution in [2.75, 3.05) is 0 Å². The summed E-state index contributed by atoms with van der Waals surface area (Å²) in [6.45, 7) is 0. The lowest BCUT2D eigenvalue weighted by molar-refractivity contribution is 0.0696. The molecular formula is C12H7FN4O2. The molecule has 0 aromatic carbocycles. The first-order chi connectivity index (χ1) is 9.15. The number of fused-ring (bicyclic) bond motifs is 1. The molecule has 3 rings (SSSR count). The maximum atomic E-state index is 13.2. The molecule has 0 saturated heterocycles. The van der Waals surface area contributed by atoms with E-state index < -0.39 is 11.8 Å². The molecule has 0 spiro atoms. The molecule has 19 heavy (non-hydrogen) atoms. The standard InChI is InChI=1S/C12H7FN4O2/c13-9-3-8(4-14-5-9)11-16-15-10-2-1-7(12(18)19)6-17(10)11/h1-6H,(H,18,19). The van der Waals surface area contributed by atoms with Gasteiger partial charge in [0.05, 0.1) is 11.8 Å². The van der Waals surface area contributed by atoms with Gasteiger partial charge in [-0.1, -0.05) is 0 Å². The predicted octanol–water partition coefficient (Wildman–Crippen LogP) is 1.63. The average Bonchev–Trinajstić information content (AvgIpc) is 2.81. The number of carboxylic acid groups (broad SMARTS) is 1. The molecule has 7 heteroatoms. The summed E-state index contributed by atoms with van der Waals surface area (Å²) < 4.78 is 14.6. The Morgan fingerprint density at radius 2 is 2.11 bits per heavy atom. The van der Waals surface area contributed by atoms with Crippen LogP contribution in [0.5, 0.6) is 0 Å². The Labute approximate surface area is 106 Å². The number of hydrogen-bond donors (Lipinski definition) is 1. The Bertz CT molecular complexity index is 784. The third kappa shape index (κ3) is 1.90. The molecule has 6 nitrogen and oxygen atoms in total. The van der Waals surface area contributed by atoms with E-state index in [9.17, 15) is 9.18 Å². The van der Waals surface area contributed by atoms with Gasteiger partial charge in [-0.05, 0) is 18.2 Å². The van der Waals surface area contributed by atoms with E-state index in [0.29, 0.717) is 17.0 Å². The molecule has 3 aromatic rings. The van der Waals surface area contributed by atoms with Gasteiger partial charge >= 0.3 is 5.97 Å². The van der Waals surface area contributed by atoms with Crippen LogP contribution < -0.4 is 0 Å². The lowest BCUT2D eigenvalue weighted by Crippen LogP contribution is -1.99. The normalized spacial score (nSPS) is 10.8. The first-order valence-electron chi connectivity index (χ1n) is 5.34. The zero-order valence-corrected chi connectivity index (χ0v) is 9.49. The van der Waals surface area contributed by atoms with Crippen LogP contribution in [0.15, 0.2) is 36.8 Å². The summed E-state index contributed by atoms with van der Waals surface area (Å²) in [6.07, 6.45) is 3.90. The van der Waals surface area contributed by atoms with E-state index in [2.05, 4.69) is 15.2 Å². The predicted molar refractivity (Wildman–Crippen MR) is 63.1 cm³/mol. The molecule has 0 aliphatic heterocycles. The van der Waals surface area contributed by atoms with Crippen molar-refractivity contribution in [3.8, 4) is 11.4 Å². The van der Waals surface area contributed by atoms with Crippen LogP contribution in [-0.4, -0.2) is 30.7 Å². The van der Waals surface area contributed by atoms with Crippen molar-refractivity contribution < 1.29 is 14.3 Å². The Morgan fingerprint density at radius 1 is 1.26 bits per heavy atom. The summed E-state index contributed by atoms with van der Waals surface area (Å²) in [5.74, 6) is -1.22. The molecule has 0 saturated carbocycles. The number of nitrogens with zero attached hydrogens (tertiary/aromatic N) is 4. The summed E-state index contributed by atoms with van der Waals surface area (Å²) in [5.41, 5.74) is 0.997. The van der Waals surface area contributed by atoms with Crippen molar-refractivity contribution in [3.05, 3.63) is 48.2 Å². The molecule has 3 heterocycles. The van der Waals surface area contributed by atoms with Crippen molar-refractivity contribution >= 4 is 11.6 Å². The van der Waals surface area contributed by atoms with Gasteiger partial charge in [0.15, 0.2) is 11.5 Å². The van der Waals surface area contributed by atoms with E-state index in [1.54, 1.807) is 0 Å². The number of aromatic carboxylic acids is 1. The Morgan fingerprint density at radius 3 is 2.84 bits per heavy atom. The molecule has 94 valence electrons. The molecule has 0 fully saturated rings. The minimum Gasteiger partial charge on any atom is -0.478 e. The van der Waals surface area contributed by atoms with Gasteiger partial charge < -0.3 is 5.11 Å². The number of hydrogen-bond acceptors (Lipinski definition) is 4. The van der Waals surface area contributed by atoms with E-state index in [4.69, 9.17) is 5.11 Å². The van der Waals surface area contributed by atoms with Crippen molar-refractivity contribution in [3.63, 3.8) is 0 Å². The smallest absolute Gasteiger partial charge is 0.337 e. The van der Waals surface area contributed by atoms with Crippen LogP contribution >= 0.6 is 0 Å². The number of carboxylic acids is 1. The first kappa shape index (κ1) is 11.3. The highest BCUT2D eigenvalue weighted by molar-refractivity contribution is 5.87. The van der Waals surface area contributed by atoms with Crippen molar-refractivity contribution in [1.82, 2.24) is 19.6 Å². The van der Waals surface area contributed by atoms with Crippen LogP contribution in [0.2, 0.25) is 0 Å². The molecule has 0 bridgehead atoms. The van der Waals surface area contributed by atoms with E-state index >= 15 is 0 Å². The van der Waals surface area contributed by atoms with Crippen molar-refractivity contribution in [2.24, 2.45) is 0 Å². The average molecular weight is 258 g/mol. The van der Waals surface area contributed by atoms with Gasteiger partial charge in [-0.2, -0.15) is 0 Å². The van der Waals surface area contributed by atoms with Gasteiger partial charge in [0, 0.05) is 18.0 Å². The summed E-state index contributed by atoms with van der Waals surface area (Å²) in [4.78, 5) is 14.7. The molecule has 0 aliphatic rings. The quantitative estimate of drug-likeness (QED) is 0.755. The molecule has 1 N–H and O–H groups in total. The zero-order chi connectivity index (χ0) is 13.4. The number of rotatable bonds is 2. The van der Waals surface area contributed by atoms with Crippen LogP contribution in [0.1, 0.15) is 10.4 Å². The number of halogens is 1. The minimum absolute atomic E-state index is 0.0953. The second kappa shape index (κ2) is 4.13. The molecule has 0 amide bonds. The molecule has 0 aliphatic carbocycles. The molecule has 0 radical (unpaired) electrons. The van der Waals surface area contributed by atoms with Crippen LogP contribution in [0.25, 0.3) is 17.0 Å². The summed E-state index contributed by atoms with van der Waals surface area (Å²) in [5, 5.41) is 16.8. The largest absolute Gasteiger partial charge is 0.478 e. The van der Waals surface area contributed by atoms with E-state index in [0.717, 1.165) is 6.20 Å². The molecule has 0 unspecified atom stereocenters. The fraction of sp³-hybridized carbons (Fsp3) is 0. The Balaban J connectivity index is 2.24. The summed E-state index contributed by atoms with van der Waals surface area (Å²) in [7, 11) is 0. The second-order valence-corrected chi connectivity index (χ2v) is 3.87. The van der Waals surface area contributed by atoms with Gasteiger partial charge in [0.1, 0.15) is 5.82 Å². The SMILES string of the molecule is O=C(O)c1ccc2nnc(-c3cncc(F)c3)n2c1. The maximum Gasteiger partial charge on any atom is 0.337 e. The monoisotopic (exact) mass is 258 g/mol. The highest BCUT2D eigenvalue weighted by Gasteiger charge is 2.11. The fourth-order valence-electron chi connectivity index (χ4n) is 1.75. The molecule has 0 atom stereocenters. The van der Waals surface area contributed by atoms with E-state index in [1.165, 1.54) is 35.0 Å². The minimum atomic E-state index is -1.06. The molecule has 3 aromatic heterocycles. The van der Waals surface area contributed by atoms with E-state index in [1.807, 2.05) is 0 Å². The van der Waals surface area contributed by atoms with Crippen molar-refractivity contribution in [2.45, 2.75) is 0 Å². The third-order valence-electron chi connectivity index (χ3n) is 2.61. The van der Waals surface area contributed by atoms with Gasteiger partial charge in [-0.25, -0.2) is 9.18 Å². The van der Waals surface area contributed by atoms with Gasteiger partial charge in [0.2, 0.25) is 0 Å². The topological polar surface area (TPSA) is 80.4 Å². The number of pyridine rings is 2. The highest BCUT2D eigenvalue weighted by Crippen LogP contribution is 2.18. The fourth-order valence-corrected chi connectivity index (χ4v) is 1.75. The zero-order valence-electron chi connectivity index (χ0n) is 9.49. The first-order valence-corrected chi connectivity index (χ1v) is 5.34. The lowest BCUT2D eigenvalue weighted by atomic mass is 10.2. The van der Waals surface area contributed by atoms with Gasteiger partial charge in [-0.3, -0.25) is 9.38 Å². The third-order valence-corrected chi connectivity index (χ3v) is 2.61. The van der Waals surface area contributed by atoms with Crippen LogP contribution in [0.3, 0.4) is 0 Å². The number of aromatic nitrogens is 4. The van der Waals surface area contributed by atoms with E-state index in [-0.39, 0.29) is 5.56 Å². The summed E-state index contributed by atoms with van der Waals surface area (Å²) >= 11 is 0. The van der Waals surface area contributed by atoms with Crippen LogP contribution in [0.4, 0.5) is 4.39 Å². The van der Waals surface area contributed by atoms with Gasteiger partial charge in [-0.15, -0.1) is 10.2 Å². The Kier molecular flexibility index (Phi) is 2.45. The second-order valence-electron chi connectivity index (χ2n) is 3.87. The highest BCUT2D eigenvalue weighted by atomic mass is 19.1. The van der Waals surface area contributed by atoms with Crippen LogP contribution in [-0.2, 0) is 0 Å². The molecular weight excluding hydrogens is 251 g/mol. The lowest BCUT2D eigenvalue weighted by Gasteiger charge is -2.01. The van der Waals surface area contributed by atoms with Crippen molar-refractivity contribution in [1.29, 1.82) is 0 Å². The number of carbonyl (C=O) groups is 1. The van der Waals surface area contributed by atoms with Gasteiger partial charge in [0.25, 0.3) is 0 Å². The summed E-state index contributed by atoms with van der Waals surface area (Å²) in [6, 6.07) is 4.23. The van der Waals surface area contributed by atoms with Crippen LogP contribution in [0, 0.1) is 5.82 Å². The maximum absolute atomic E-state index is 13.2.